The Morgan fingerprint density at radius 2 is 1.96 bits per heavy atom. The minimum atomic E-state index is 1.04. The lowest BCUT2D eigenvalue weighted by molar-refractivity contribution is 0.221. The molecule has 3 aromatic rings. The highest BCUT2D eigenvalue weighted by atomic mass is 32.1. The first-order valence-corrected chi connectivity index (χ1v) is 11.4. The molecule has 1 fully saturated rings. The molecule has 4 heterocycles. The van der Waals surface area contributed by atoms with E-state index in [1.165, 1.54) is 53.1 Å². The van der Waals surface area contributed by atoms with E-state index < -0.39 is 0 Å². The molecule has 28 heavy (non-hydrogen) atoms. The zero-order valence-electron chi connectivity index (χ0n) is 17.2. The number of aryl methyl sites for hydroxylation is 2. The van der Waals surface area contributed by atoms with E-state index in [2.05, 4.69) is 59.1 Å². The van der Waals surface area contributed by atoms with Gasteiger partial charge in [-0.1, -0.05) is 32.4 Å². The Labute approximate surface area is 172 Å². The van der Waals surface area contributed by atoms with Crippen molar-refractivity contribution in [2.45, 2.75) is 52.5 Å². The number of thiophene rings is 1. The van der Waals surface area contributed by atoms with Crippen LogP contribution in [0.2, 0.25) is 0 Å². The van der Waals surface area contributed by atoms with Gasteiger partial charge in [0.1, 0.15) is 4.83 Å². The van der Waals surface area contributed by atoms with Crippen LogP contribution in [0.5, 0.6) is 0 Å². The fourth-order valence-corrected chi connectivity index (χ4v) is 5.39. The van der Waals surface area contributed by atoms with Gasteiger partial charge in [-0.2, -0.15) is 0 Å². The maximum atomic E-state index is 4.60. The molecule has 148 valence electrons. The molecule has 3 aromatic heterocycles. The molecule has 0 spiro atoms. The minimum absolute atomic E-state index is 1.04. The van der Waals surface area contributed by atoms with Gasteiger partial charge in [0.2, 0.25) is 0 Å². The fraction of sp³-hybridized carbons (Fsp3) is 0.458. The van der Waals surface area contributed by atoms with Crippen molar-refractivity contribution in [2.75, 3.05) is 19.6 Å². The van der Waals surface area contributed by atoms with Crippen molar-refractivity contribution in [3.05, 3.63) is 58.9 Å². The summed E-state index contributed by atoms with van der Waals surface area (Å²) in [6, 6.07) is 8.93. The number of rotatable bonds is 7. The van der Waals surface area contributed by atoms with Gasteiger partial charge in [0, 0.05) is 46.5 Å². The van der Waals surface area contributed by atoms with Gasteiger partial charge in [0.05, 0.1) is 0 Å². The summed E-state index contributed by atoms with van der Waals surface area (Å²) in [5.41, 5.74) is 4.73. The SMILES string of the molecule is C=C(c1ccc(CCC)nc1)c1cc2cc(C)n(CCN3CCCCC3)c2s1. The molecule has 0 saturated carbocycles. The lowest BCUT2D eigenvalue weighted by Crippen LogP contribution is -2.32. The molecular weight excluding hydrogens is 362 g/mol. The molecule has 4 rings (SSSR count). The molecule has 0 bridgehead atoms. The first-order valence-electron chi connectivity index (χ1n) is 10.6. The highest BCUT2D eigenvalue weighted by Gasteiger charge is 2.15. The average Bonchev–Trinajstić information content (AvgIpc) is 3.25. The van der Waals surface area contributed by atoms with Crippen LogP contribution in [-0.4, -0.2) is 34.1 Å². The number of piperidine rings is 1. The van der Waals surface area contributed by atoms with E-state index in [0.717, 1.165) is 42.8 Å². The van der Waals surface area contributed by atoms with Crippen molar-refractivity contribution in [3.8, 4) is 0 Å². The molecule has 1 aliphatic rings. The summed E-state index contributed by atoms with van der Waals surface area (Å²) >= 11 is 1.87. The normalized spacial score (nSPS) is 15.4. The van der Waals surface area contributed by atoms with Crippen LogP contribution in [-0.2, 0) is 13.0 Å². The van der Waals surface area contributed by atoms with Gasteiger partial charge in [0.15, 0.2) is 0 Å². The highest BCUT2D eigenvalue weighted by Crippen LogP contribution is 2.35. The third-order valence-corrected chi connectivity index (χ3v) is 7.07. The number of hydrogen-bond donors (Lipinski definition) is 0. The van der Waals surface area contributed by atoms with Crippen LogP contribution in [0, 0.1) is 6.92 Å². The van der Waals surface area contributed by atoms with Gasteiger partial charge >= 0.3 is 0 Å². The van der Waals surface area contributed by atoms with Crippen LogP contribution in [0.1, 0.15) is 54.4 Å². The van der Waals surface area contributed by atoms with Crippen LogP contribution in [0.4, 0.5) is 0 Å². The van der Waals surface area contributed by atoms with Crippen molar-refractivity contribution < 1.29 is 0 Å². The molecule has 3 nitrogen and oxygen atoms in total. The second-order valence-corrected chi connectivity index (χ2v) is 9.01. The first kappa shape index (κ1) is 19.4. The topological polar surface area (TPSA) is 21.1 Å². The third-order valence-electron chi connectivity index (χ3n) is 5.84. The molecule has 0 radical (unpaired) electrons. The largest absolute Gasteiger partial charge is 0.335 e. The van der Waals surface area contributed by atoms with Crippen molar-refractivity contribution in [1.29, 1.82) is 0 Å². The highest BCUT2D eigenvalue weighted by molar-refractivity contribution is 7.19. The zero-order valence-corrected chi connectivity index (χ0v) is 18.0. The second kappa shape index (κ2) is 8.62. The number of pyridine rings is 1. The smallest absolute Gasteiger partial charge is 0.103 e. The molecule has 1 aliphatic heterocycles. The van der Waals surface area contributed by atoms with Gasteiger partial charge in [0.25, 0.3) is 0 Å². The summed E-state index contributed by atoms with van der Waals surface area (Å²) in [7, 11) is 0. The number of likely N-dealkylation sites (tertiary alicyclic amines) is 1. The Balaban J connectivity index is 1.52. The summed E-state index contributed by atoms with van der Waals surface area (Å²) in [6.45, 7) is 13.5. The molecule has 0 aromatic carbocycles. The Kier molecular flexibility index (Phi) is 5.98. The summed E-state index contributed by atoms with van der Waals surface area (Å²) in [6.07, 6.45) is 8.25. The van der Waals surface area contributed by atoms with Crippen LogP contribution in [0.15, 0.2) is 37.0 Å². The summed E-state index contributed by atoms with van der Waals surface area (Å²) < 4.78 is 2.49. The Hall–Kier alpha value is -1.91. The standard InChI is InChI=1S/C24H31N3S/c1-4-8-22-10-9-20(17-25-22)19(3)23-16-21-15-18(2)27(24(21)28-23)14-13-26-11-6-5-7-12-26/h9-10,15-17H,3-8,11-14H2,1-2H3. The van der Waals surface area contributed by atoms with Gasteiger partial charge in [-0.05, 0) is 63.0 Å². The van der Waals surface area contributed by atoms with Crippen LogP contribution in [0.3, 0.4) is 0 Å². The predicted octanol–water partition coefficient (Wildman–Crippen LogP) is 5.91. The molecule has 4 heteroatoms. The molecule has 0 aliphatic carbocycles. The van der Waals surface area contributed by atoms with Crippen molar-refractivity contribution >= 4 is 27.1 Å². The van der Waals surface area contributed by atoms with E-state index in [-0.39, 0.29) is 0 Å². The number of nitrogens with zero attached hydrogens (tertiary/aromatic N) is 3. The predicted molar refractivity (Wildman–Crippen MR) is 121 cm³/mol. The molecular formula is C24H31N3S. The second-order valence-electron chi connectivity index (χ2n) is 7.98. The maximum absolute atomic E-state index is 4.60. The van der Waals surface area contributed by atoms with Crippen molar-refractivity contribution in [1.82, 2.24) is 14.5 Å². The maximum Gasteiger partial charge on any atom is 0.103 e. The average molecular weight is 394 g/mol. The quantitative estimate of drug-likeness (QED) is 0.498. The Morgan fingerprint density at radius 1 is 1.14 bits per heavy atom. The van der Waals surface area contributed by atoms with E-state index in [0.29, 0.717) is 0 Å². The van der Waals surface area contributed by atoms with E-state index in [1.807, 2.05) is 17.5 Å². The van der Waals surface area contributed by atoms with Crippen LogP contribution in [0.25, 0.3) is 15.8 Å². The van der Waals surface area contributed by atoms with Gasteiger partial charge < -0.3 is 9.47 Å². The van der Waals surface area contributed by atoms with Crippen LogP contribution < -0.4 is 0 Å². The number of fused-ring (bicyclic) bond motifs is 1. The van der Waals surface area contributed by atoms with Crippen molar-refractivity contribution in [3.63, 3.8) is 0 Å². The third kappa shape index (κ3) is 4.08. The lowest BCUT2D eigenvalue weighted by atomic mass is 10.1. The fourth-order valence-electron chi connectivity index (χ4n) is 4.17. The Morgan fingerprint density at radius 3 is 2.68 bits per heavy atom. The molecule has 0 atom stereocenters. The minimum Gasteiger partial charge on any atom is -0.335 e. The summed E-state index contributed by atoms with van der Waals surface area (Å²) in [5.74, 6) is 0. The molecule has 1 saturated heterocycles. The van der Waals surface area contributed by atoms with E-state index in [4.69, 9.17) is 0 Å². The first-order chi connectivity index (χ1) is 13.7. The Bertz CT molecular complexity index is 942. The summed E-state index contributed by atoms with van der Waals surface area (Å²) in [4.78, 5) is 9.85. The van der Waals surface area contributed by atoms with E-state index in [9.17, 15) is 0 Å². The number of aromatic nitrogens is 2. The molecule has 0 N–H and O–H groups in total. The van der Waals surface area contributed by atoms with Crippen molar-refractivity contribution in [2.24, 2.45) is 0 Å². The monoisotopic (exact) mass is 393 g/mol. The van der Waals surface area contributed by atoms with Gasteiger partial charge in [-0.25, -0.2) is 0 Å². The zero-order chi connectivity index (χ0) is 19.5. The van der Waals surface area contributed by atoms with E-state index >= 15 is 0 Å². The van der Waals surface area contributed by atoms with Gasteiger partial charge in [-0.15, -0.1) is 11.3 Å². The summed E-state index contributed by atoms with van der Waals surface area (Å²) in [5, 5.41) is 1.34. The number of hydrogen-bond acceptors (Lipinski definition) is 3. The van der Waals surface area contributed by atoms with Crippen LogP contribution >= 0.6 is 11.3 Å². The molecule has 0 unspecified atom stereocenters. The van der Waals surface area contributed by atoms with E-state index in [1.54, 1.807) is 0 Å². The molecule has 0 amide bonds. The lowest BCUT2D eigenvalue weighted by Gasteiger charge is -2.26. The van der Waals surface area contributed by atoms with Gasteiger partial charge in [-0.3, -0.25) is 4.98 Å².